The van der Waals surface area contributed by atoms with Crippen LogP contribution < -0.4 is 15.4 Å². The van der Waals surface area contributed by atoms with Gasteiger partial charge in [-0.25, -0.2) is 9.37 Å². The van der Waals surface area contributed by atoms with Gasteiger partial charge in [0.2, 0.25) is 5.91 Å². The molecule has 0 bridgehead atoms. The van der Waals surface area contributed by atoms with Crippen molar-refractivity contribution in [3.05, 3.63) is 52.7 Å². The molecule has 2 rings (SSSR count). The number of nitrogens with zero attached hydrogens (tertiary/aromatic N) is 1. The van der Waals surface area contributed by atoms with Crippen molar-refractivity contribution in [2.75, 3.05) is 11.9 Å². The number of carbonyl (C=O) groups is 2. The summed E-state index contributed by atoms with van der Waals surface area (Å²) in [4.78, 5) is 28.1. The standard InChI is InChI=1S/C21H26FN3O3/c1-12-8-17(6-7-19(12)28-11-13(2)22)15(4)24-21(27)18-9-14(3)23-20(10-18)25-16(5)26/h6-10,13,15H,11H2,1-5H3,(H,24,27)(H,23,25,26)/t13-,15?/m1/s1. The van der Waals surface area contributed by atoms with Crippen LogP contribution in [0.4, 0.5) is 10.2 Å². The van der Waals surface area contributed by atoms with Crippen LogP contribution in [-0.4, -0.2) is 29.6 Å². The second kappa shape index (κ2) is 9.30. The summed E-state index contributed by atoms with van der Waals surface area (Å²) < 4.78 is 18.4. The zero-order valence-corrected chi connectivity index (χ0v) is 16.8. The lowest BCUT2D eigenvalue weighted by Gasteiger charge is -2.17. The Balaban J connectivity index is 2.11. The highest BCUT2D eigenvalue weighted by molar-refractivity contribution is 5.96. The largest absolute Gasteiger partial charge is 0.490 e. The third-order valence-corrected chi connectivity index (χ3v) is 4.03. The maximum Gasteiger partial charge on any atom is 0.251 e. The number of amides is 2. The van der Waals surface area contributed by atoms with Gasteiger partial charge in [0, 0.05) is 18.2 Å². The number of benzene rings is 1. The van der Waals surface area contributed by atoms with E-state index in [0.29, 0.717) is 22.8 Å². The molecule has 28 heavy (non-hydrogen) atoms. The lowest BCUT2D eigenvalue weighted by Crippen LogP contribution is -2.27. The van der Waals surface area contributed by atoms with Crippen molar-refractivity contribution in [3.63, 3.8) is 0 Å². The maximum absolute atomic E-state index is 13.0. The fraction of sp³-hybridized carbons (Fsp3) is 0.381. The Morgan fingerprint density at radius 2 is 1.89 bits per heavy atom. The monoisotopic (exact) mass is 387 g/mol. The molecule has 150 valence electrons. The minimum absolute atomic E-state index is 0.00447. The second-order valence-corrected chi connectivity index (χ2v) is 6.88. The number of alkyl halides is 1. The van der Waals surface area contributed by atoms with E-state index in [2.05, 4.69) is 15.6 Å². The number of hydrogen-bond acceptors (Lipinski definition) is 4. The molecule has 0 saturated heterocycles. The number of anilines is 1. The average molecular weight is 387 g/mol. The van der Waals surface area contributed by atoms with Gasteiger partial charge in [-0.3, -0.25) is 9.59 Å². The summed E-state index contributed by atoms with van der Waals surface area (Å²) in [6.07, 6.45) is -1.04. The zero-order chi connectivity index (χ0) is 20.8. The van der Waals surface area contributed by atoms with Crippen LogP contribution in [0.3, 0.4) is 0 Å². The fourth-order valence-corrected chi connectivity index (χ4v) is 2.72. The van der Waals surface area contributed by atoms with Gasteiger partial charge >= 0.3 is 0 Å². The van der Waals surface area contributed by atoms with Crippen LogP contribution in [-0.2, 0) is 4.79 Å². The van der Waals surface area contributed by atoms with Gasteiger partial charge in [-0.2, -0.15) is 0 Å². The predicted molar refractivity (Wildman–Crippen MR) is 106 cm³/mol. The normalized spacial score (nSPS) is 12.8. The first-order valence-corrected chi connectivity index (χ1v) is 9.10. The summed E-state index contributed by atoms with van der Waals surface area (Å²) in [6, 6.07) is 8.48. The van der Waals surface area contributed by atoms with Crippen LogP contribution >= 0.6 is 0 Å². The van der Waals surface area contributed by atoms with Gasteiger partial charge in [0.15, 0.2) is 0 Å². The fourth-order valence-electron chi connectivity index (χ4n) is 2.72. The van der Waals surface area contributed by atoms with Crippen LogP contribution in [0.5, 0.6) is 5.75 Å². The van der Waals surface area contributed by atoms with Crippen molar-refractivity contribution in [1.29, 1.82) is 0 Å². The number of carbonyl (C=O) groups excluding carboxylic acids is 2. The van der Waals surface area contributed by atoms with E-state index in [0.717, 1.165) is 11.1 Å². The first-order chi connectivity index (χ1) is 13.2. The van der Waals surface area contributed by atoms with E-state index in [9.17, 15) is 14.0 Å². The lowest BCUT2D eigenvalue weighted by atomic mass is 10.0. The van der Waals surface area contributed by atoms with Crippen molar-refractivity contribution in [3.8, 4) is 5.75 Å². The van der Waals surface area contributed by atoms with Gasteiger partial charge in [-0.05, 0) is 57.0 Å². The molecule has 0 aliphatic carbocycles. The Labute approximate surface area is 164 Å². The molecule has 2 aromatic rings. The van der Waals surface area contributed by atoms with Gasteiger partial charge < -0.3 is 15.4 Å². The number of nitrogens with one attached hydrogen (secondary N) is 2. The Hall–Kier alpha value is -2.96. The Morgan fingerprint density at radius 3 is 2.50 bits per heavy atom. The number of aromatic nitrogens is 1. The van der Waals surface area contributed by atoms with Crippen LogP contribution in [0.25, 0.3) is 0 Å². The van der Waals surface area contributed by atoms with Gasteiger partial charge in [-0.1, -0.05) is 12.1 Å². The van der Waals surface area contributed by atoms with Gasteiger partial charge in [0.1, 0.15) is 24.3 Å². The van der Waals surface area contributed by atoms with Crippen molar-refractivity contribution < 1.29 is 18.7 Å². The SMILES string of the molecule is CC(=O)Nc1cc(C(=O)NC(C)c2ccc(OC[C@@H](C)F)c(C)c2)cc(C)n1. The number of rotatable bonds is 7. The summed E-state index contributed by atoms with van der Waals surface area (Å²) in [6.45, 7) is 8.34. The number of ether oxygens (including phenoxy) is 1. The highest BCUT2D eigenvalue weighted by atomic mass is 19.1. The molecule has 2 N–H and O–H groups in total. The first-order valence-electron chi connectivity index (χ1n) is 9.10. The van der Waals surface area contributed by atoms with Crippen LogP contribution in [0, 0.1) is 13.8 Å². The minimum Gasteiger partial charge on any atom is -0.490 e. The molecule has 0 spiro atoms. The maximum atomic E-state index is 13.0. The highest BCUT2D eigenvalue weighted by Gasteiger charge is 2.15. The van der Waals surface area contributed by atoms with Crippen molar-refractivity contribution >= 4 is 17.6 Å². The molecule has 0 radical (unpaired) electrons. The molecule has 6 nitrogen and oxygen atoms in total. The molecule has 2 atom stereocenters. The van der Waals surface area contributed by atoms with Crippen molar-refractivity contribution in [2.45, 2.75) is 46.8 Å². The van der Waals surface area contributed by atoms with Gasteiger partial charge in [0.25, 0.3) is 5.91 Å². The lowest BCUT2D eigenvalue weighted by molar-refractivity contribution is -0.114. The molecule has 0 saturated carbocycles. The van der Waals surface area contributed by atoms with Crippen molar-refractivity contribution in [1.82, 2.24) is 10.3 Å². The van der Waals surface area contributed by atoms with Crippen LogP contribution in [0.1, 0.15) is 54.0 Å². The number of aryl methyl sites for hydroxylation is 2. The quantitative estimate of drug-likeness (QED) is 0.755. The molecule has 2 amide bonds. The third-order valence-electron chi connectivity index (χ3n) is 4.03. The average Bonchev–Trinajstić information content (AvgIpc) is 2.59. The number of hydrogen-bond donors (Lipinski definition) is 2. The first kappa shape index (κ1) is 21.3. The topological polar surface area (TPSA) is 80.3 Å². The molecular weight excluding hydrogens is 361 g/mol. The molecule has 7 heteroatoms. The highest BCUT2D eigenvalue weighted by Crippen LogP contribution is 2.23. The smallest absolute Gasteiger partial charge is 0.251 e. The van der Waals surface area contributed by atoms with Crippen LogP contribution in [0.2, 0.25) is 0 Å². The Bertz CT molecular complexity index is 868. The number of halogens is 1. The minimum atomic E-state index is -1.04. The summed E-state index contributed by atoms with van der Waals surface area (Å²) in [5.41, 5.74) is 2.81. The Morgan fingerprint density at radius 1 is 1.18 bits per heavy atom. The van der Waals surface area contributed by atoms with E-state index in [4.69, 9.17) is 4.74 Å². The molecule has 1 aromatic carbocycles. The molecule has 1 heterocycles. The van der Waals surface area contributed by atoms with E-state index in [1.54, 1.807) is 19.1 Å². The summed E-state index contributed by atoms with van der Waals surface area (Å²) in [7, 11) is 0. The molecule has 1 unspecified atom stereocenters. The molecule has 0 fully saturated rings. The molecular formula is C21H26FN3O3. The second-order valence-electron chi connectivity index (χ2n) is 6.88. The predicted octanol–water partition coefficient (Wildman–Crippen LogP) is 3.88. The summed E-state index contributed by atoms with van der Waals surface area (Å²) in [5, 5.41) is 5.53. The third kappa shape index (κ3) is 6.04. The summed E-state index contributed by atoms with van der Waals surface area (Å²) >= 11 is 0. The van der Waals surface area contributed by atoms with Crippen molar-refractivity contribution in [2.24, 2.45) is 0 Å². The van der Waals surface area contributed by atoms with Gasteiger partial charge in [0.05, 0.1) is 6.04 Å². The van der Waals surface area contributed by atoms with E-state index in [1.807, 2.05) is 26.0 Å². The van der Waals surface area contributed by atoms with E-state index in [1.165, 1.54) is 19.9 Å². The Kier molecular flexibility index (Phi) is 7.09. The summed E-state index contributed by atoms with van der Waals surface area (Å²) in [5.74, 6) is 0.438. The van der Waals surface area contributed by atoms with Gasteiger partial charge in [-0.15, -0.1) is 0 Å². The number of pyridine rings is 1. The van der Waals surface area contributed by atoms with Crippen LogP contribution in [0.15, 0.2) is 30.3 Å². The molecule has 1 aromatic heterocycles. The zero-order valence-electron chi connectivity index (χ0n) is 16.8. The molecule has 0 aliphatic heterocycles. The van der Waals surface area contributed by atoms with E-state index >= 15 is 0 Å². The van der Waals surface area contributed by atoms with E-state index < -0.39 is 6.17 Å². The van der Waals surface area contributed by atoms with E-state index in [-0.39, 0.29) is 24.5 Å². The molecule has 0 aliphatic rings.